The van der Waals surface area contributed by atoms with Gasteiger partial charge in [-0.15, -0.1) is 0 Å². The van der Waals surface area contributed by atoms with Crippen molar-refractivity contribution in [3.63, 3.8) is 0 Å². The first-order valence-corrected chi connectivity index (χ1v) is 8.74. The van der Waals surface area contributed by atoms with E-state index in [0.717, 1.165) is 11.4 Å². The van der Waals surface area contributed by atoms with Crippen LogP contribution >= 0.6 is 0 Å². The summed E-state index contributed by atoms with van der Waals surface area (Å²) >= 11 is 0. The number of hydrogen-bond acceptors (Lipinski definition) is 7. The first kappa shape index (κ1) is 17.7. The molecule has 28 heavy (non-hydrogen) atoms. The zero-order valence-corrected chi connectivity index (χ0v) is 15.4. The minimum absolute atomic E-state index is 0.175. The number of carbonyl (C=O) groups is 1. The fraction of sp³-hybridized carbons (Fsp3) is 0.150. The highest BCUT2D eigenvalue weighted by Crippen LogP contribution is 2.36. The van der Waals surface area contributed by atoms with Gasteiger partial charge in [0.15, 0.2) is 0 Å². The number of nitrogens with zero attached hydrogens (tertiary/aromatic N) is 2. The number of nitrogens with two attached hydrogens (primary N) is 1. The Morgan fingerprint density at radius 3 is 2.61 bits per heavy atom. The molecule has 8 nitrogen and oxygen atoms in total. The van der Waals surface area contributed by atoms with Gasteiger partial charge >= 0.3 is 0 Å². The predicted octanol–water partition coefficient (Wildman–Crippen LogP) is 3.34. The molecule has 0 bridgehead atoms. The van der Waals surface area contributed by atoms with Crippen LogP contribution < -0.4 is 21.7 Å². The number of nitrogen functional groups attached to an aromatic ring is 1. The van der Waals surface area contributed by atoms with Crippen molar-refractivity contribution in [2.24, 2.45) is 0 Å². The summed E-state index contributed by atoms with van der Waals surface area (Å²) in [4.78, 5) is 20.7. The number of rotatable bonds is 3. The molecule has 4 rings (SSSR count). The lowest BCUT2D eigenvalue weighted by molar-refractivity contribution is 0.0786. The van der Waals surface area contributed by atoms with Gasteiger partial charge in [-0.05, 0) is 55.8 Å². The Labute approximate surface area is 161 Å². The Bertz CT molecular complexity index is 1070. The van der Waals surface area contributed by atoms with Crippen molar-refractivity contribution in [3.8, 4) is 0 Å². The Balaban J connectivity index is 1.68. The predicted molar refractivity (Wildman–Crippen MR) is 109 cm³/mol. The van der Waals surface area contributed by atoms with Gasteiger partial charge in [-0.25, -0.2) is 4.98 Å². The molecule has 2 aromatic carbocycles. The fourth-order valence-electron chi connectivity index (χ4n) is 2.99. The summed E-state index contributed by atoms with van der Waals surface area (Å²) in [5.41, 5.74) is 8.57. The molecular weight excluding hydrogens is 356 g/mol. The molecule has 0 saturated heterocycles. The number of amides is 1. The molecule has 8 heteroatoms. The highest BCUT2D eigenvalue weighted by atomic mass is 16.3. The van der Waals surface area contributed by atoms with E-state index >= 15 is 0 Å². The average molecular weight is 376 g/mol. The molecule has 0 atom stereocenters. The van der Waals surface area contributed by atoms with Gasteiger partial charge in [-0.1, -0.05) is 6.07 Å². The topological polar surface area (TPSA) is 125 Å². The SMILES string of the molecule is CC(C)(O)c1ccc2c(c1)NC(=O)c1ccc(Nc3ccnc(N)n3)cc1N2. The van der Waals surface area contributed by atoms with Gasteiger partial charge in [-0.3, -0.25) is 4.79 Å². The van der Waals surface area contributed by atoms with Crippen LogP contribution in [0.2, 0.25) is 0 Å². The maximum absolute atomic E-state index is 12.7. The van der Waals surface area contributed by atoms with Gasteiger partial charge in [0.25, 0.3) is 5.91 Å². The number of aromatic nitrogens is 2. The van der Waals surface area contributed by atoms with Gasteiger partial charge in [0.05, 0.1) is 28.2 Å². The molecule has 3 aromatic rings. The zero-order chi connectivity index (χ0) is 19.9. The third kappa shape index (κ3) is 3.45. The standard InChI is InChI=1S/C20H20N6O2/c1-20(2,28)11-3-6-14-16(9-11)25-18(27)13-5-4-12(10-15(13)24-14)23-17-7-8-22-19(21)26-17/h3-10,24,28H,1-2H3,(H,25,27)(H3,21,22,23,26). The Morgan fingerprint density at radius 1 is 1.04 bits per heavy atom. The first-order chi connectivity index (χ1) is 13.3. The number of benzene rings is 2. The Kier molecular flexibility index (Phi) is 4.12. The number of fused-ring (bicyclic) bond motifs is 2. The van der Waals surface area contributed by atoms with Crippen LogP contribution in [0.3, 0.4) is 0 Å². The molecule has 0 radical (unpaired) electrons. The summed E-state index contributed by atoms with van der Waals surface area (Å²) in [5, 5.41) is 19.6. The van der Waals surface area contributed by atoms with Crippen LogP contribution in [0.5, 0.6) is 0 Å². The van der Waals surface area contributed by atoms with Crippen LogP contribution in [0.15, 0.2) is 48.7 Å². The zero-order valence-electron chi connectivity index (χ0n) is 15.4. The molecule has 1 amide bonds. The summed E-state index contributed by atoms with van der Waals surface area (Å²) < 4.78 is 0. The van der Waals surface area contributed by atoms with Crippen molar-refractivity contribution < 1.29 is 9.90 Å². The molecule has 1 aliphatic rings. The van der Waals surface area contributed by atoms with E-state index in [1.165, 1.54) is 0 Å². The summed E-state index contributed by atoms with van der Waals surface area (Å²) in [6, 6.07) is 12.5. The maximum atomic E-state index is 12.7. The lowest BCUT2D eigenvalue weighted by Gasteiger charge is -2.20. The van der Waals surface area contributed by atoms with E-state index < -0.39 is 5.60 Å². The molecule has 6 N–H and O–H groups in total. The molecule has 0 aliphatic carbocycles. The monoisotopic (exact) mass is 376 g/mol. The van der Waals surface area contributed by atoms with E-state index in [1.54, 1.807) is 44.3 Å². The molecule has 1 aliphatic heterocycles. The second-order valence-corrected chi connectivity index (χ2v) is 7.08. The van der Waals surface area contributed by atoms with E-state index in [9.17, 15) is 9.90 Å². The number of hydrogen-bond donors (Lipinski definition) is 5. The molecule has 0 saturated carbocycles. The number of aliphatic hydroxyl groups is 1. The molecular formula is C20H20N6O2. The minimum atomic E-state index is -1.00. The van der Waals surface area contributed by atoms with E-state index in [-0.39, 0.29) is 11.9 Å². The van der Waals surface area contributed by atoms with Crippen LogP contribution in [0.1, 0.15) is 29.8 Å². The van der Waals surface area contributed by atoms with Crippen molar-refractivity contribution in [2.75, 3.05) is 21.7 Å². The number of nitrogens with one attached hydrogen (secondary N) is 3. The van der Waals surface area contributed by atoms with Crippen LogP contribution in [0.4, 0.5) is 34.5 Å². The van der Waals surface area contributed by atoms with Crippen LogP contribution in [0, 0.1) is 0 Å². The number of carbonyl (C=O) groups excluding carboxylic acids is 1. The molecule has 0 unspecified atom stereocenters. The van der Waals surface area contributed by atoms with Gasteiger partial charge in [0.2, 0.25) is 5.95 Å². The van der Waals surface area contributed by atoms with E-state index in [2.05, 4.69) is 25.9 Å². The smallest absolute Gasteiger partial charge is 0.257 e. The summed E-state index contributed by atoms with van der Waals surface area (Å²) in [6.45, 7) is 3.40. The van der Waals surface area contributed by atoms with Gasteiger partial charge in [0.1, 0.15) is 5.82 Å². The molecule has 0 fully saturated rings. The summed E-state index contributed by atoms with van der Waals surface area (Å²) in [6.07, 6.45) is 1.57. The third-order valence-electron chi connectivity index (χ3n) is 4.45. The summed E-state index contributed by atoms with van der Waals surface area (Å²) in [5.74, 6) is 0.501. The lowest BCUT2D eigenvalue weighted by atomic mass is 9.97. The number of anilines is 6. The second kappa shape index (κ2) is 6.50. The molecule has 142 valence electrons. The first-order valence-electron chi connectivity index (χ1n) is 8.74. The third-order valence-corrected chi connectivity index (χ3v) is 4.45. The van der Waals surface area contributed by atoms with Crippen molar-refractivity contribution in [1.29, 1.82) is 0 Å². The van der Waals surface area contributed by atoms with Gasteiger partial charge in [-0.2, -0.15) is 4.98 Å². The normalized spacial score (nSPS) is 12.9. The highest BCUT2D eigenvalue weighted by Gasteiger charge is 2.22. The maximum Gasteiger partial charge on any atom is 0.257 e. The van der Waals surface area contributed by atoms with Crippen molar-refractivity contribution in [1.82, 2.24) is 9.97 Å². The summed E-state index contributed by atoms with van der Waals surface area (Å²) in [7, 11) is 0. The lowest BCUT2D eigenvalue weighted by Crippen LogP contribution is -2.16. The molecule has 0 spiro atoms. The highest BCUT2D eigenvalue weighted by molar-refractivity contribution is 6.12. The van der Waals surface area contributed by atoms with Gasteiger partial charge < -0.3 is 26.8 Å². The van der Waals surface area contributed by atoms with E-state index in [4.69, 9.17) is 5.73 Å². The average Bonchev–Trinajstić information content (AvgIpc) is 2.75. The van der Waals surface area contributed by atoms with Crippen molar-refractivity contribution in [3.05, 3.63) is 59.8 Å². The van der Waals surface area contributed by atoms with Crippen molar-refractivity contribution in [2.45, 2.75) is 19.4 Å². The molecule has 2 heterocycles. The largest absolute Gasteiger partial charge is 0.386 e. The minimum Gasteiger partial charge on any atom is -0.386 e. The fourth-order valence-corrected chi connectivity index (χ4v) is 2.99. The van der Waals surface area contributed by atoms with Crippen LogP contribution in [0.25, 0.3) is 0 Å². The Morgan fingerprint density at radius 2 is 1.86 bits per heavy atom. The van der Waals surface area contributed by atoms with Crippen LogP contribution in [-0.4, -0.2) is 21.0 Å². The van der Waals surface area contributed by atoms with Crippen molar-refractivity contribution >= 4 is 40.4 Å². The Hall–Kier alpha value is -3.65. The van der Waals surface area contributed by atoms with E-state index in [1.807, 2.05) is 18.2 Å². The van der Waals surface area contributed by atoms with E-state index in [0.29, 0.717) is 28.3 Å². The quantitative estimate of drug-likeness (QED) is 0.475. The van der Waals surface area contributed by atoms with Gasteiger partial charge in [0, 0.05) is 11.9 Å². The van der Waals surface area contributed by atoms with Crippen LogP contribution in [-0.2, 0) is 5.60 Å². The molecule has 1 aromatic heterocycles. The second-order valence-electron chi connectivity index (χ2n) is 7.08.